The number of piperidine rings is 1. The van der Waals surface area contributed by atoms with E-state index in [4.69, 9.17) is 0 Å². The maximum atomic E-state index is 12.5. The Labute approximate surface area is 110 Å². The highest BCUT2D eigenvalue weighted by Crippen LogP contribution is 2.26. The second kappa shape index (κ2) is 5.55. The normalized spacial score (nSPS) is 25.8. The Hall–Kier alpha value is -1.31. The van der Waals surface area contributed by atoms with Crippen molar-refractivity contribution in [2.24, 2.45) is 5.92 Å². The summed E-state index contributed by atoms with van der Waals surface area (Å²) in [4.78, 5) is 14.6. The number of hydrogen-bond acceptors (Lipinski definition) is 1. The Kier molecular flexibility index (Phi) is 4.05. The summed E-state index contributed by atoms with van der Waals surface area (Å²) in [5.41, 5.74) is 1.12. The minimum absolute atomic E-state index is 0.0259. The van der Waals surface area contributed by atoms with Crippen LogP contribution in [0.25, 0.3) is 0 Å². The Morgan fingerprint density at radius 3 is 2.56 bits per heavy atom. The number of carbonyl (C=O) groups excluding carboxylic acids is 1. The molecule has 0 N–H and O–H groups in total. The summed E-state index contributed by atoms with van der Waals surface area (Å²) in [7, 11) is 0. The number of nitrogens with zero attached hydrogens (tertiary/aromatic N) is 1. The van der Waals surface area contributed by atoms with Gasteiger partial charge in [-0.05, 0) is 38.2 Å². The number of amides is 1. The standard InChI is InChI=1S/C16H23NO/c1-12-9-10-17(13(2)11-12)16(18)14(3)15-7-5-4-6-8-15/h4-8,12-14H,9-11H2,1-3H3/t12-,13-,14?/m1/s1. The third kappa shape index (κ3) is 2.74. The van der Waals surface area contributed by atoms with E-state index in [0.717, 1.165) is 30.9 Å². The van der Waals surface area contributed by atoms with Crippen LogP contribution in [0, 0.1) is 5.92 Å². The van der Waals surface area contributed by atoms with Crippen molar-refractivity contribution in [2.45, 2.75) is 45.6 Å². The van der Waals surface area contributed by atoms with Gasteiger partial charge in [0, 0.05) is 12.6 Å². The van der Waals surface area contributed by atoms with E-state index in [1.165, 1.54) is 0 Å². The fourth-order valence-electron chi connectivity index (χ4n) is 2.87. The zero-order valence-corrected chi connectivity index (χ0v) is 11.6. The van der Waals surface area contributed by atoms with Gasteiger partial charge in [-0.15, -0.1) is 0 Å². The molecule has 0 spiro atoms. The van der Waals surface area contributed by atoms with Gasteiger partial charge >= 0.3 is 0 Å². The molecule has 3 atom stereocenters. The molecule has 2 rings (SSSR count). The summed E-state index contributed by atoms with van der Waals surface area (Å²) in [6, 6.07) is 10.5. The van der Waals surface area contributed by atoms with Gasteiger partial charge in [-0.3, -0.25) is 4.79 Å². The van der Waals surface area contributed by atoms with Crippen LogP contribution < -0.4 is 0 Å². The van der Waals surface area contributed by atoms with Gasteiger partial charge in [0.2, 0.25) is 5.91 Å². The molecule has 1 unspecified atom stereocenters. The van der Waals surface area contributed by atoms with Gasteiger partial charge < -0.3 is 4.90 Å². The zero-order valence-electron chi connectivity index (χ0n) is 11.6. The van der Waals surface area contributed by atoms with Crippen LogP contribution >= 0.6 is 0 Å². The zero-order chi connectivity index (χ0) is 13.1. The number of carbonyl (C=O) groups is 1. The van der Waals surface area contributed by atoms with Crippen molar-refractivity contribution in [3.8, 4) is 0 Å². The van der Waals surface area contributed by atoms with Crippen LogP contribution in [-0.2, 0) is 4.79 Å². The Morgan fingerprint density at radius 1 is 1.28 bits per heavy atom. The lowest BCUT2D eigenvalue weighted by Crippen LogP contribution is -2.45. The van der Waals surface area contributed by atoms with Gasteiger partial charge in [0.15, 0.2) is 0 Å². The molecule has 1 fully saturated rings. The summed E-state index contributed by atoms with van der Waals surface area (Å²) in [6.45, 7) is 7.38. The molecule has 1 aromatic rings. The molecule has 18 heavy (non-hydrogen) atoms. The molecule has 0 aromatic heterocycles. The molecule has 2 heteroatoms. The minimum Gasteiger partial charge on any atom is -0.339 e. The van der Waals surface area contributed by atoms with Gasteiger partial charge in [-0.1, -0.05) is 37.3 Å². The maximum Gasteiger partial charge on any atom is 0.230 e. The molecule has 0 saturated carbocycles. The molecule has 2 nitrogen and oxygen atoms in total. The lowest BCUT2D eigenvalue weighted by Gasteiger charge is -2.38. The molecule has 1 aliphatic rings. The molecule has 1 amide bonds. The lowest BCUT2D eigenvalue weighted by atomic mass is 9.91. The molecule has 0 radical (unpaired) electrons. The van der Waals surface area contributed by atoms with Crippen LogP contribution in [0.1, 0.15) is 45.1 Å². The Morgan fingerprint density at radius 2 is 1.94 bits per heavy atom. The van der Waals surface area contributed by atoms with Gasteiger partial charge in [0.1, 0.15) is 0 Å². The average Bonchev–Trinajstić information content (AvgIpc) is 2.38. The molecule has 0 aliphatic carbocycles. The predicted molar refractivity (Wildman–Crippen MR) is 74.4 cm³/mol. The molecule has 1 saturated heterocycles. The van der Waals surface area contributed by atoms with Crippen LogP contribution in [-0.4, -0.2) is 23.4 Å². The molecule has 0 bridgehead atoms. The minimum atomic E-state index is -0.0259. The van der Waals surface area contributed by atoms with Crippen LogP contribution in [0.15, 0.2) is 30.3 Å². The lowest BCUT2D eigenvalue weighted by molar-refractivity contribution is -0.136. The van der Waals surface area contributed by atoms with Crippen molar-refractivity contribution in [1.29, 1.82) is 0 Å². The van der Waals surface area contributed by atoms with Crippen LogP contribution in [0.4, 0.5) is 0 Å². The second-order valence-corrected chi connectivity index (χ2v) is 5.64. The summed E-state index contributed by atoms with van der Waals surface area (Å²) in [5, 5.41) is 0. The van der Waals surface area contributed by atoms with Gasteiger partial charge in [0.05, 0.1) is 5.92 Å². The van der Waals surface area contributed by atoms with Crippen LogP contribution in [0.2, 0.25) is 0 Å². The highest BCUT2D eigenvalue weighted by Gasteiger charge is 2.29. The van der Waals surface area contributed by atoms with Crippen LogP contribution in [0.5, 0.6) is 0 Å². The summed E-state index contributed by atoms with van der Waals surface area (Å²) < 4.78 is 0. The van der Waals surface area contributed by atoms with Crippen molar-refractivity contribution < 1.29 is 4.79 Å². The van der Waals surface area contributed by atoms with Gasteiger partial charge in [-0.25, -0.2) is 0 Å². The molecule has 1 heterocycles. The van der Waals surface area contributed by atoms with Crippen molar-refractivity contribution in [3.05, 3.63) is 35.9 Å². The van der Waals surface area contributed by atoms with Gasteiger partial charge in [-0.2, -0.15) is 0 Å². The quantitative estimate of drug-likeness (QED) is 0.781. The van der Waals surface area contributed by atoms with Crippen molar-refractivity contribution in [2.75, 3.05) is 6.54 Å². The number of hydrogen-bond donors (Lipinski definition) is 0. The van der Waals surface area contributed by atoms with Crippen molar-refractivity contribution in [1.82, 2.24) is 4.90 Å². The van der Waals surface area contributed by atoms with E-state index in [2.05, 4.69) is 18.7 Å². The van der Waals surface area contributed by atoms with Crippen LogP contribution in [0.3, 0.4) is 0 Å². The largest absolute Gasteiger partial charge is 0.339 e. The monoisotopic (exact) mass is 245 g/mol. The molecule has 1 aromatic carbocycles. The SMILES string of the molecule is CC(C(=O)N1CC[C@@H](C)C[C@H]1C)c1ccccc1. The molecule has 98 valence electrons. The summed E-state index contributed by atoms with van der Waals surface area (Å²) in [5.74, 6) is 0.999. The summed E-state index contributed by atoms with van der Waals surface area (Å²) in [6.07, 6.45) is 2.27. The highest BCUT2D eigenvalue weighted by molar-refractivity contribution is 5.83. The highest BCUT2D eigenvalue weighted by atomic mass is 16.2. The average molecular weight is 245 g/mol. The summed E-state index contributed by atoms with van der Waals surface area (Å²) >= 11 is 0. The molecular weight excluding hydrogens is 222 g/mol. The fourth-order valence-corrected chi connectivity index (χ4v) is 2.87. The first-order valence-corrected chi connectivity index (χ1v) is 6.95. The first kappa shape index (κ1) is 13.1. The number of likely N-dealkylation sites (tertiary alicyclic amines) is 1. The van der Waals surface area contributed by atoms with E-state index < -0.39 is 0 Å². The fraction of sp³-hybridized carbons (Fsp3) is 0.562. The van der Waals surface area contributed by atoms with E-state index in [9.17, 15) is 4.79 Å². The Balaban J connectivity index is 2.07. The predicted octanol–water partition coefficient (Wildman–Crippen LogP) is 3.44. The smallest absolute Gasteiger partial charge is 0.230 e. The van der Waals surface area contributed by atoms with E-state index in [1.807, 2.05) is 37.3 Å². The number of rotatable bonds is 2. The first-order valence-electron chi connectivity index (χ1n) is 6.95. The topological polar surface area (TPSA) is 20.3 Å². The third-order valence-corrected chi connectivity index (χ3v) is 4.09. The molecular formula is C16H23NO. The van der Waals surface area contributed by atoms with E-state index in [0.29, 0.717) is 6.04 Å². The van der Waals surface area contributed by atoms with E-state index in [1.54, 1.807) is 0 Å². The van der Waals surface area contributed by atoms with Gasteiger partial charge in [0.25, 0.3) is 0 Å². The van der Waals surface area contributed by atoms with E-state index >= 15 is 0 Å². The maximum absolute atomic E-state index is 12.5. The van der Waals surface area contributed by atoms with Crippen molar-refractivity contribution in [3.63, 3.8) is 0 Å². The second-order valence-electron chi connectivity index (χ2n) is 5.64. The third-order valence-electron chi connectivity index (χ3n) is 4.09. The Bertz CT molecular complexity index is 401. The number of benzene rings is 1. The van der Waals surface area contributed by atoms with Crippen molar-refractivity contribution >= 4 is 5.91 Å². The van der Waals surface area contributed by atoms with E-state index in [-0.39, 0.29) is 11.8 Å². The first-order chi connectivity index (χ1) is 8.59. The molecule has 1 aliphatic heterocycles.